The maximum atomic E-state index is 5.71. The minimum Gasteiger partial charge on any atom is -0.376 e. The molecule has 0 radical (unpaired) electrons. The third-order valence-electron chi connectivity index (χ3n) is 3.17. The fourth-order valence-corrected chi connectivity index (χ4v) is 2.19. The first-order valence-corrected chi connectivity index (χ1v) is 5.87. The quantitative estimate of drug-likeness (QED) is 0.390. The molecule has 14 heavy (non-hydrogen) atoms. The van der Waals surface area contributed by atoms with Gasteiger partial charge in [0.05, 0.1) is 6.10 Å². The van der Waals surface area contributed by atoms with Gasteiger partial charge in [-0.05, 0) is 18.8 Å². The van der Waals surface area contributed by atoms with E-state index in [2.05, 4.69) is 19.3 Å². The van der Waals surface area contributed by atoms with Gasteiger partial charge in [0.2, 0.25) is 0 Å². The van der Waals surface area contributed by atoms with Crippen LogP contribution < -0.4 is 11.3 Å². The van der Waals surface area contributed by atoms with Gasteiger partial charge in [-0.25, -0.2) is 0 Å². The highest BCUT2D eigenvalue weighted by Gasteiger charge is 2.30. The van der Waals surface area contributed by atoms with E-state index in [4.69, 9.17) is 10.6 Å². The number of unbranched alkanes of at least 4 members (excludes halogenated alkanes) is 2. The fraction of sp³-hybridized carbons (Fsp3) is 1.00. The highest BCUT2D eigenvalue weighted by atomic mass is 16.5. The van der Waals surface area contributed by atoms with Gasteiger partial charge in [-0.1, -0.05) is 33.1 Å². The lowest BCUT2D eigenvalue weighted by molar-refractivity contribution is 0.0574. The van der Waals surface area contributed by atoms with Crippen LogP contribution >= 0.6 is 0 Å². The van der Waals surface area contributed by atoms with E-state index >= 15 is 0 Å². The Balaban J connectivity index is 2.29. The number of hydrazine groups is 1. The summed E-state index contributed by atoms with van der Waals surface area (Å²) in [5.74, 6) is 6.22. The molecule has 0 spiro atoms. The molecule has 0 aliphatic carbocycles. The number of ether oxygens (including phenoxy) is 1. The number of rotatable bonds is 6. The van der Waals surface area contributed by atoms with E-state index in [0.29, 0.717) is 18.1 Å². The molecule has 0 aromatic carbocycles. The van der Waals surface area contributed by atoms with Gasteiger partial charge in [0.15, 0.2) is 0 Å². The Morgan fingerprint density at radius 1 is 1.50 bits per heavy atom. The van der Waals surface area contributed by atoms with Gasteiger partial charge in [0, 0.05) is 12.6 Å². The molecular weight excluding hydrogens is 176 g/mol. The smallest absolute Gasteiger partial charge is 0.0767 e. The third kappa shape index (κ3) is 3.23. The van der Waals surface area contributed by atoms with Gasteiger partial charge in [0.1, 0.15) is 0 Å². The second-order valence-corrected chi connectivity index (χ2v) is 4.37. The molecule has 1 aliphatic rings. The minimum atomic E-state index is 0.330. The van der Waals surface area contributed by atoms with Gasteiger partial charge in [-0.3, -0.25) is 11.3 Å². The molecule has 84 valence electrons. The van der Waals surface area contributed by atoms with Gasteiger partial charge < -0.3 is 4.74 Å². The summed E-state index contributed by atoms with van der Waals surface area (Å²) in [5.41, 5.74) is 2.91. The van der Waals surface area contributed by atoms with E-state index in [1.165, 1.54) is 25.7 Å². The van der Waals surface area contributed by atoms with Crippen LogP contribution in [0.2, 0.25) is 0 Å². The van der Waals surface area contributed by atoms with Crippen molar-refractivity contribution >= 4 is 0 Å². The molecule has 1 rings (SSSR count). The molecule has 3 N–H and O–H groups in total. The van der Waals surface area contributed by atoms with E-state index in [9.17, 15) is 0 Å². The second kappa shape index (κ2) is 6.38. The van der Waals surface area contributed by atoms with Crippen molar-refractivity contribution < 1.29 is 4.74 Å². The first kappa shape index (κ1) is 12.0. The summed E-state index contributed by atoms with van der Waals surface area (Å²) in [7, 11) is 0. The molecule has 1 aliphatic heterocycles. The first-order chi connectivity index (χ1) is 6.79. The number of hydrogen-bond acceptors (Lipinski definition) is 3. The molecule has 0 amide bonds. The predicted octanol–water partition coefficient (Wildman–Crippen LogP) is 1.82. The van der Waals surface area contributed by atoms with Crippen LogP contribution in [0.5, 0.6) is 0 Å². The summed E-state index contributed by atoms with van der Waals surface area (Å²) in [4.78, 5) is 0. The average Bonchev–Trinajstić information content (AvgIpc) is 2.60. The number of nitrogens with two attached hydrogens (primary N) is 1. The molecule has 3 heteroatoms. The molecule has 3 unspecified atom stereocenters. The maximum Gasteiger partial charge on any atom is 0.0767 e. The van der Waals surface area contributed by atoms with Gasteiger partial charge in [0.25, 0.3) is 0 Å². The summed E-state index contributed by atoms with van der Waals surface area (Å²) < 4.78 is 5.71. The predicted molar refractivity (Wildman–Crippen MR) is 58.8 cm³/mol. The molecule has 3 atom stereocenters. The molecule has 1 fully saturated rings. The summed E-state index contributed by atoms with van der Waals surface area (Å²) >= 11 is 0. The van der Waals surface area contributed by atoms with Crippen molar-refractivity contribution in [2.45, 2.75) is 58.1 Å². The van der Waals surface area contributed by atoms with Crippen molar-refractivity contribution in [3.05, 3.63) is 0 Å². The topological polar surface area (TPSA) is 47.3 Å². The Morgan fingerprint density at radius 3 is 2.79 bits per heavy atom. The van der Waals surface area contributed by atoms with Crippen LogP contribution in [0.15, 0.2) is 0 Å². The lowest BCUT2D eigenvalue weighted by Crippen LogP contribution is -2.45. The lowest BCUT2D eigenvalue weighted by Gasteiger charge is -2.25. The molecule has 0 aromatic rings. The maximum absolute atomic E-state index is 5.71. The van der Waals surface area contributed by atoms with E-state index in [1.54, 1.807) is 0 Å². The molecule has 0 saturated carbocycles. The van der Waals surface area contributed by atoms with Crippen LogP contribution in [-0.2, 0) is 4.74 Å². The zero-order valence-corrected chi connectivity index (χ0v) is 9.46. The van der Waals surface area contributed by atoms with Crippen LogP contribution in [0.25, 0.3) is 0 Å². The van der Waals surface area contributed by atoms with Crippen LogP contribution in [-0.4, -0.2) is 18.8 Å². The fourth-order valence-electron chi connectivity index (χ4n) is 2.19. The average molecular weight is 200 g/mol. The standard InChI is InChI=1S/C11H24N2O/c1-3-4-5-6-10(13-12)11-9(2)7-8-14-11/h9-11,13H,3-8,12H2,1-2H3. The van der Waals surface area contributed by atoms with Crippen LogP contribution in [0.3, 0.4) is 0 Å². The molecule has 1 saturated heterocycles. The largest absolute Gasteiger partial charge is 0.376 e. The minimum absolute atomic E-state index is 0.330. The Morgan fingerprint density at radius 2 is 2.29 bits per heavy atom. The van der Waals surface area contributed by atoms with Crippen molar-refractivity contribution in [3.63, 3.8) is 0 Å². The number of hydrogen-bond donors (Lipinski definition) is 2. The lowest BCUT2D eigenvalue weighted by atomic mass is 9.94. The van der Waals surface area contributed by atoms with Crippen molar-refractivity contribution in [1.82, 2.24) is 5.43 Å². The Bertz CT molecular complexity index is 152. The molecular formula is C11H24N2O. The van der Waals surface area contributed by atoms with E-state index in [0.717, 1.165) is 13.0 Å². The monoisotopic (exact) mass is 200 g/mol. The van der Waals surface area contributed by atoms with Crippen LogP contribution in [0.1, 0.15) is 46.0 Å². The summed E-state index contributed by atoms with van der Waals surface area (Å²) in [6.07, 6.45) is 6.45. The SMILES string of the molecule is CCCCCC(NN)C1OCCC1C. The van der Waals surface area contributed by atoms with Crippen LogP contribution in [0.4, 0.5) is 0 Å². The highest BCUT2D eigenvalue weighted by Crippen LogP contribution is 2.24. The van der Waals surface area contributed by atoms with E-state index < -0.39 is 0 Å². The summed E-state index contributed by atoms with van der Waals surface area (Å²) in [6.45, 7) is 5.37. The van der Waals surface area contributed by atoms with E-state index in [1.807, 2.05) is 0 Å². The molecule has 0 aromatic heterocycles. The van der Waals surface area contributed by atoms with Crippen LogP contribution in [0, 0.1) is 5.92 Å². The van der Waals surface area contributed by atoms with Crippen molar-refractivity contribution in [1.29, 1.82) is 0 Å². The van der Waals surface area contributed by atoms with Gasteiger partial charge in [-0.15, -0.1) is 0 Å². The Kier molecular flexibility index (Phi) is 5.45. The van der Waals surface area contributed by atoms with Gasteiger partial charge in [-0.2, -0.15) is 0 Å². The van der Waals surface area contributed by atoms with Crippen molar-refractivity contribution in [3.8, 4) is 0 Å². The summed E-state index contributed by atoms with van der Waals surface area (Å²) in [6, 6.07) is 0.346. The van der Waals surface area contributed by atoms with E-state index in [-0.39, 0.29) is 0 Å². The van der Waals surface area contributed by atoms with Gasteiger partial charge >= 0.3 is 0 Å². The number of nitrogens with one attached hydrogen (secondary N) is 1. The highest BCUT2D eigenvalue weighted by molar-refractivity contribution is 4.83. The third-order valence-corrected chi connectivity index (χ3v) is 3.17. The Hall–Kier alpha value is -0.120. The summed E-state index contributed by atoms with van der Waals surface area (Å²) in [5, 5.41) is 0. The zero-order valence-electron chi connectivity index (χ0n) is 9.46. The first-order valence-electron chi connectivity index (χ1n) is 5.87. The normalized spacial score (nSPS) is 29.4. The van der Waals surface area contributed by atoms with Crippen molar-refractivity contribution in [2.75, 3.05) is 6.61 Å². The molecule has 3 nitrogen and oxygen atoms in total. The Labute approximate surface area is 87.4 Å². The molecule has 1 heterocycles. The molecule has 0 bridgehead atoms. The zero-order chi connectivity index (χ0) is 10.4. The van der Waals surface area contributed by atoms with Crippen molar-refractivity contribution in [2.24, 2.45) is 11.8 Å². The second-order valence-electron chi connectivity index (χ2n) is 4.37.